The van der Waals surface area contributed by atoms with E-state index in [0.717, 1.165) is 31.6 Å². The van der Waals surface area contributed by atoms with Gasteiger partial charge in [0.1, 0.15) is 5.75 Å². The highest BCUT2D eigenvalue weighted by atomic mass is 16.5. The van der Waals surface area contributed by atoms with Crippen LogP contribution in [0.25, 0.3) is 0 Å². The molecule has 2 rings (SSSR count). The maximum absolute atomic E-state index is 9.86. The molecule has 1 heterocycles. The van der Waals surface area contributed by atoms with Gasteiger partial charge in [-0.25, -0.2) is 0 Å². The summed E-state index contributed by atoms with van der Waals surface area (Å²) in [6, 6.07) is 6.28. The Bertz CT molecular complexity index is 372. The zero-order valence-electron chi connectivity index (χ0n) is 10.6. The Hall–Kier alpha value is -1.06. The molecule has 0 amide bonds. The van der Waals surface area contributed by atoms with Crippen molar-refractivity contribution < 1.29 is 9.84 Å². The molecule has 0 bridgehead atoms. The SMILES string of the molecule is Cc1ccc(O)c(C(C)NC2CCCOC2)c1. The molecular formula is C14H21NO2. The Morgan fingerprint density at radius 3 is 3.00 bits per heavy atom. The Balaban J connectivity index is 2.02. The van der Waals surface area contributed by atoms with Crippen LogP contribution in [0.3, 0.4) is 0 Å². The van der Waals surface area contributed by atoms with Crippen molar-refractivity contribution in [1.29, 1.82) is 0 Å². The van der Waals surface area contributed by atoms with Crippen molar-refractivity contribution in [2.45, 2.75) is 38.8 Å². The number of rotatable bonds is 3. The van der Waals surface area contributed by atoms with Crippen molar-refractivity contribution in [3.63, 3.8) is 0 Å². The van der Waals surface area contributed by atoms with Gasteiger partial charge in [-0.2, -0.15) is 0 Å². The summed E-state index contributed by atoms with van der Waals surface area (Å²) in [6.45, 7) is 5.78. The van der Waals surface area contributed by atoms with Crippen LogP contribution < -0.4 is 5.32 Å². The third-order valence-corrected chi connectivity index (χ3v) is 3.30. The van der Waals surface area contributed by atoms with Crippen molar-refractivity contribution in [1.82, 2.24) is 5.32 Å². The second-order valence-corrected chi connectivity index (χ2v) is 4.86. The number of benzene rings is 1. The topological polar surface area (TPSA) is 41.5 Å². The second kappa shape index (κ2) is 5.52. The number of ether oxygens (including phenoxy) is 1. The molecule has 3 nitrogen and oxygen atoms in total. The summed E-state index contributed by atoms with van der Waals surface area (Å²) in [5.74, 6) is 0.368. The molecule has 1 aliphatic rings. The maximum Gasteiger partial charge on any atom is 0.120 e. The van der Waals surface area contributed by atoms with E-state index in [1.165, 1.54) is 5.56 Å². The number of phenolic OH excluding ortho intramolecular Hbond substituents is 1. The fourth-order valence-corrected chi connectivity index (χ4v) is 2.34. The quantitative estimate of drug-likeness (QED) is 0.846. The lowest BCUT2D eigenvalue weighted by atomic mass is 10.0. The summed E-state index contributed by atoms with van der Waals surface area (Å²) in [7, 11) is 0. The van der Waals surface area contributed by atoms with E-state index in [0.29, 0.717) is 11.8 Å². The van der Waals surface area contributed by atoms with Crippen LogP contribution in [0.2, 0.25) is 0 Å². The van der Waals surface area contributed by atoms with Gasteiger partial charge in [-0.3, -0.25) is 0 Å². The number of aromatic hydroxyl groups is 1. The number of nitrogens with one attached hydrogen (secondary N) is 1. The third kappa shape index (κ3) is 3.20. The Kier molecular flexibility index (Phi) is 4.02. The zero-order chi connectivity index (χ0) is 12.3. The third-order valence-electron chi connectivity index (χ3n) is 3.30. The first kappa shape index (κ1) is 12.4. The van der Waals surface area contributed by atoms with Crippen LogP contribution in [0.5, 0.6) is 5.75 Å². The summed E-state index contributed by atoms with van der Waals surface area (Å²) in [4.78, 5) is 0. The van der Waals surface area contributed by atoms with Crippen LogP contribution in [0.1, 0.15) is 36.9 Å². The first-order valence-corrected chi connectivity index (χ1v) is 6.30. The van der Waals surface area contributed by atoms with E-state index in [4.69, 9.17) is 4.74 Å². The van der Waals surface area contributed by atoms with Gasteiger partial charge in [0, 0.05) is 24.3 Å². The lowest BCUT2D eigenvalue weighted by molar-refractivity contribution is 0.0670. The molecule has 0 aliphatic carbocycles. The van der Waals surface area contributed by atoms with E-state index in [9.17, 15) is 5.11 Å². The molecule has 1 aliphatic heterocycles. The van der Waals surface area contributed by atoms with E-state index in [-0.39, 0.29) is 6.04 Å². The number of hydrogen-bond donors (Lipinski definition) is 2. The van der Waals surface area contributed by atoms with Crippen molar-refractivity contribution in [3.05, 3.63) is 29.3 Å². The van der Waals surface area contributed by atoms with Crippen LogP contribution in [0.15, 0.2) is 18.2 Å². The average Bonchev–Trinajstić information content (AvgIpc) is 2.33. The van der Waals surface area contributed by atoms with Gasteiger partial charge in [0.15, 0.2) is 0 Å². The highest BCUT2D eigenvalue weighted by molar-refractivity contribution is 5.37. The summed E-state index contributed by atoms with van der Waals surface area (Å²) >= 11 is 0. The molecule has 1 aromatic rings. The molecule has 3 heteroatoms. The molecule has 17 heavy (non-hydrogen) atoms. The number of phenols is 1. The monoisotopic (exact) mass is 235 g/mol. The van der Waals surface area contributed by atoms with E-state index in [1.54, 1.807) is 6.07 Å². The van der Waals surface area contributed by atoms with Crippen molar-refractivity contribution >= 4 is 0 Å². The Labute approximate surface area is 103 Å². The minimum atomic E-state index is 0.154. The fraction of sp³-hybridized carbons (Fsp3) is 0.571. The molecule has 1 aromatic carbocycles. The first-order valence-electron chi connectivity index (χ1n) is 6.30. The minimum Gasteiger partial charge on any atom is -0.508 e. The van der Waals surface area contributed by atoms with E-state index >= 15 is 0 Å². The van der Waals surface area contributed by atoms with Crippen molar-refractivity contribution in [3.8, 4) is 5.75 Å². The van der Waals surface area contributed by atoms with Gasteiger partial charge >= 0.3 is 0 Å². The van der Waals surface area contributed by atoms with Gasteiger partial charge in [0.05, 0.1) is 6.61 Å². The molecule has 94 valence electrons. The van der Waals surface area contributed by atoms with Gasteiger partial charge in [-0.15, -0.1) is 0 Å². The van der Waals surface area contributed by atoms with E-state index in [1.807, 2.05) is 19.1 Å². The lowest BCUT2D eigenvalue weighted by Crippen LogP contribution is -2.38. The molecule has 1 fully saturated rings. The van der Waals surface area contributed by atoms with Gasteiger partial charge in [0.25, 0.3) is 0 Å². The average molecular weight is 235 g/mol. The van der Waals surface area contributed by atoms with E-state index < -0.39 is 0 Å². The van der Waals surface area contributed by atoms with Gasteiger partial charge in [0.2, 0.25) is 0 Å². The smallest absolute Gasteiger partial charge is 0.120 e. The lowest BCUT2D eigenvalue weighted by Gasteiger charge is -2.27. The summed E-state index contributed by atoms with van der Waals surface area (Å²) in [5.41, 5.74) is 2.14. The predicted octanol–water partition coefficient (Wildman–Crippen LogP) is 2.53. The number of aryl methyl sites for hydroxylation is 1. The maximum atomic E-state index is 9.86. The molecule has 0 spiro atoms. The zero-order valence-corrected chi connectivity index (χ0v) is 10.6. The summed E-state index contributed by atoms with van der Waals surface area (Å²) in [5, 5.41) is 13.4. The number of hydrogen-bond acceptors (Lipinski definition) is 3. The molecular weight excluding hydrogens is 214 g/mol. The van der Waals surface area contributed by atoms with Crippen LogP contribution >= 0.6 is 0 Å². The van der Waals surface area contributed by atoms with Crippen molar-refractivity contribution in [2.75, 3.05) is 13.2 Å². The van der Waals surface area contributed by atoms with Crippen molar-refractivity contribution in [2.24, 2.45) is 0 Å². The molecule has 2 atom stereocenters. The standard InChI is InChI=1S/C14H21NO2/c1-10-5-6-14(16)13(8-10)11(2)15-12-4-3-7-17-9-12/h5-6,8,11-12,15-16H,3-4,7,9H2,1-2H3. The van der Waals surface area contributed by atoms with Crippen LogP contribution in [0, 0.1) is 6.92 Å². The van der Waals surface area contributed by atoms with Crippen LogP contribution in [-0.2, 0) is 4.74 Å². The van der Waals surface area contributed by atoms with Gasteiger partial charge in [-0.1, -0.05) is 17.7 Å². The largest absolute Gasteiger partial charge is 0.508 e. The molecule has 0 saturated carbocycles. The highest BCUT2D eigenvalue weighted by Gasteiger charge is 2.18. The molecule has 1 saturated heterocycles. The molecule has 2 N–H and O–H groups in total. The van der Waals surface area contributed by atoms with Crippen LogP contribution in [-0.4, -0.2) is 24.4 Å². The van der Waals surface area contributed by atoms with Gasteiger partial charge in [-0.05, 0) is 32.8 Å². The predicted molar refractivity (Wildman–Crippen MR) is 68.2 cm³/mol. The first-order chi connectivity index (χ1) is 8.16. The summed E-state index contributed by atoms with van der Waals surface area (Å²) in [6.07, 6.45) is 2.26. The highest BCUT2D eigenvalue weighted by Crippen LogP contribution is 2.25. The normalized spacial score (nSPS) is 22.4. The molecule has 0 radical (unpaired) electrons. The van der Waals surface area contributed by atoms with E-state index in [2.05, 4.69) is 12.2 Å². The molecule has 2 unspecified atom stereocenters. The Morgan fingerprint density at radius 2 is 2.29 bits per heavy atom. The fourth-order valence-electron chi connectivity index (χ4n) is 2.34. The minimum absolute atomic E-state index is 0.154. The second-order valence-electron chi connectivity index (χ2n) is 4.86. The Morgan fingerprint density at radius 1 is 1.47 bits per heavy atom. The van der Waals surface area contributed by atoms with Gasteiger partial charge < -0.3 is 15.2 Å². The van der Waals surface area contributed by atoms with Crippen LogP contribution in [0.4, 0.5) is 0 Å². The molecule has 0 aromatic heterocycles. The summed E-state index contributed by atoms with van der Waals surface area (Å²) < 4.78 is 5.45.